The highest BCUT2D eigenvalue weighted by molar-refractivity contribution is 5.01. The summed E-state index contributed by atoms with van der Waals surface area (Å²) in [5, 5.41) is 16.2. The third kappa shape index (κ3) is 2.65. The Hall–Kier alpha value is -1.01. The minimum atomic E-state index is 0.355. The molecule has 106 valence electrons. The van der Waals surface area contributed by atoms with Crippen molar-refractivity contribution in [2.24, 2.45) is 7.05 Å². The van der Waals surface area contributed by atoms with Gasteiger partial charge in [-0.2, -0.15) is 4.80 Å². The van der Waals surface area contributed by atoms with E-state index in [0.29, 0.717) is 11.6 Å². The number of aromatic nitrogens is 4. The number of aryl methyl sites for hydroxylation is 1. The first-order valence-electron chi connectivity index (χ1n) is 7.43. The van der Waals surface area contributed by atoms with Gasteiger partial charge in [0.25, 0.3) is 0 Å². The van der Waals surface area contributed by atoms with Gasteiger partial charge >= 0.3 is 0 Å². The van der Waals surface area contributed by atoms with Gasteiger partial charge in [0.15, 0.2) is 5.82 Å². The topological polar surface area (TPSA) is 58.9 Å². The summed E-state index contributed by atoms with van der Waals surface area (Å²) in [4.78, 5) is 4.10. The standard InChI is InChI=1S/C13H24N6/c1-3-11-8-14-13(6-4-5-7-13)10-19(11)9-12-15-17-18(2)16-12/h11,14H,3-10H2,1-2H3. The van der Waals surface area contributed by atoms with Crippen LogP contribution in [0.5, 0.6) is 0 Å². The zero-order valence-corrected chi connectivity index (χ0v) is 12.0. The summed E-state index contributed by atoms with van der Waals surface area (Å²) >= 11 is 0. The number of hydrogen-bond donors (Lipinski definition) is 1. The number of rotatable bonds is 3. The van der Waals surface area contributed by atoms with Crippen LogP contribution in [0.3, 0.4) is 0 Å². The molecule has 1 saturated carbocycles. The van der Waals surface area contributed by atoms with E-state index in [-0.39, 0.29) is 0 Å². The molecule has 1 aromatic heterocycles. The van der Waals surface area contributed by atoms with E-state index in [1.54, 1.807) is 4.80 Å². The molecule has 1 N–H and O–H groups in total. The Kier molecular flexibility index (Phi) is 3.54. The molecule has 2 heterocycles. The molecule has 6 nitrogen and oxygen atoms in total. The van der Waals surface area contributed by atoms with Crippen LogP contribution in [-0.4, -0.2) is 49.8 Å². The van der Waals surface area contributed by atoms with Crippen molar-refractivity contribution >= 4 is 0 Å². The first kappa shape index (κ1) is 13.0. The van der Waals surface area contributed by atoms with Crippen LogP contribution < -0.4 is 5.32 Å². The molecule has 1 atom stereocenters. The SMILES string of the molecule is CCC1CNC2(CCCC2)CN1Cc1nnn(C)n1. The van der Waals surface area contributed by atoms with E-state index in [4.69, 9.17) is 0 Å². The summed E-state index contributed by atoms with van der Waals surface area (Å²) in [6, 6.07) is 0.593. The smallest absolute Gasteiger partial charge is 0.188 e. The molecule has 1 aliphatic carbocycles. The van der Waals surface area contributed by atoms with Crippen molar-refractivity contribution in [3.8, 4) is 0 Å². The van der Waals surface area contributed by atoms with Crippen molar-refractivity contribution in [1.82, 2.24) is 30.4 Å². The highest BCUT2D eigenvalue weighted by Crippen LogP contribution is 2.33. The molecule has 2 fully saturated rings. The summed E-state index contributed by atoms with van der Waals surface area (Å²) in [7, 11) is 1.82. The largest absolute Gasteiger partial charge is 0.308 e. The third-order valence-electron chi connectivity index (χ3n) is 4.66. The van der Waals surface area contributed by atoms with Crippen molar-refractivity contribution < 1.29 is 0 Å². The number of piperazine rings is 1. The lowest BCUT2D eigenvalue weighted by Crippen LogP contribution is -2.62. The molecule has 3 rings (SSSR count). The number of nitrogens with zero attached hydrogens (tertiary/aromatic N) is 5. The van der Waals surface area contributed by atoms with Gasteiger partial charge in [0.05, 0.1) is 13.6 Å². The van der Waals surface area contributed by atoms with E-state index in [9.17, 15) is 0 Å². The van der Waals surface area contributed by atoms with Crippen molar-refractivity contribution in [2.45, 2.75) is 57.2 Å². The van der Waals surface area contributed by atoms with Gasteiger partial charge in [-0.3, -0.25) is 4.90 Å². The number of tetrazole rings is 1. The second-order valence-corrected chi connectivity index (χ2v) is 6.03. The Morgan fingerprint density at radius 1 is 1.37 bits per heavy atom. The molecule has 1 spiro atoms. The van der Waals surface area contributed by atoms with E-state index in [1.165, 1.54) is 32.1 Å². The van der Waals surface area contributed by atoms with Gasteiger partial charge in [-0.25, -0.2) is 0 Å². The van der Waals surface area contributed by atoms with Crippen LogP contribution >= 0.6 is 0 Å². The van der Waals surface area contributed by atoms with Gasteiger partial charge < -0.3 is 5.32 Å². The molecular weight excluding hydrogens is 240 g/mol. The van der Waals surface area contributed by atoms with Crippen LogP contribution in [0.4, 0.5) is 0 Å². The maximum Gasteiger partial charge on any atom is 0.188 e. The quantitative estimate of drug-likeness (QED) is 0.871. The van der Waals surface area contributed by atoms with Crippen molar-refractivity contribution in [3.05, 3.63) is 5.82 Å². The molecule has 1 aromatic rings. The molecule has 6 heteroatoms. The second kappa shape index (κ2) is 5.17. The molecule has 0 amide bonds. The van der Waals surface area contributed by atoms with Gasteiger partial charge in [-0.1, -0.05) is 19.8 Å². The molecule has 19 heavy (non-hydrogen) atoms. The van der Waals surface area contributed by atoms with Crippen LogP contribution in [0, 0.1) is 0 Å². The predicted molar refractivity (Wildman–Crippen MR) is 72.5 cm³/mol. The van der Waals surface area contributed by atoms with Crippen LogP contribution in [-0.2, 0) is 13.6 Å². The van der Waals surface area contributed by atoms with Crippen LogP contribution in [0.25, 0.3) is 0 Å². The van der Waals surface area contributed by atoms with Gasteiger partial charge in [0, 0.05) is 24.7 Å². The maximum absolute atomic E-state index is 4.32. The minimum absolute atomic E-state index is 0.355. The highest BCUT2D eigenvalue weighted by Gasteiger charge is 2.40. The molecule has 1 unspecified atom stereocenters. The van der Waals surface area contributed by atoms with E-state index >= 15 is 0 Å². The molecule has 0 bridgehead atoms. The highest BCUT2D eigenvalue weighted by atomic mass is 15.6. The Morgan fingerprint density at radius 3 is 2.79 bits per heavy atom. The molecule has 0 aromatic carbocycles. The van der Waals surface area contributed by atoms with E-state index in [1.807, 2.05) is 7.05 Å². The summed E-state index contributed by atoms with van der Waals surface area (Å²) in [6.45, 7) is 5.31. The Bertz CT molecular complexity index is 423. The van der Waals surface area contributed by atoms with Crippen LogP contribution in [0.1, 0.15) is 44.9 Å². The first-order chi connectivity index (χ1) is 9.21. The van der Waals surface area contributed by atoms with Gasteiger partial charge in [-0.05, 0) is 24.5 Å². The molecule has 1 saturated heterocycles. The summed E-state index contributed by atoms with van der Waals surface area (Å²) in [6.07, 6.45) is 6.52. The monoisotopic (exact) mass is 264 g/mol. The fourth-order valence-corrected chi connectivity index (χ4v) is 3.58. The average Bonchev–Trinajstić information content (AvgIpc) is 3.00. The Morgan fingerprint density at radius 2 is 2.16 bits per heavy atom. The number of hydrogen-bond acceptors (Lipinski definition) is 5. The molecule has 2 aliphatic rings. The van der Waals surface area contributed by atoms with E-state index in [2.05, 4.69) is 32.6 Å². The first-order valence-corrected chi connectivity index (χ1v) is 7.43. The number of nitrogens with one attached hydrogen (secondary N) is 1. The van der Waals surface area contributed by atoms with Crippen LogP contribution in [0.2, 0.25) is 0 Å². The fourth-order valence-electron chi connectivity index (χ4n) is 3.58. The normalized spacial score (nSPS) is 27.2. The van der Waals surface area contributed by atoms with Gasteiger partial charge in [0.1, 0.15) is 0 Å². The van der Waals surface area contributed by atoms with Crippen molar-refractivity contribution in [2.75, 3.05) is 13.1 Å². The summed E-state index contributed by atoms with van der Waals surface area (Å²) in [5.41, 5.74) is 0.355. The zero-order valence-electron chi connectivity index (χ0n) is 12.0. The predicted octanol–water partition coefficient (Wildman–Crippen LogP) is 0.707. The van der Waals surface area contributed by atoms with Gasteiger partial charge in [0.2, 0.25) is 0 Å². The lowest BCUT2D eigenvalue weighted by Gasteiger charge is -2.45. The van der Waals surface area contributed by atoms with Crippen molar-refractivity contribution in [3.63, 3.8) is 0 Å². The zero-order chi connectivity index (χ0) is 13.3. The Labute approximate surface area is 114 Å². The Balaban J connectivity index is 1.71. The third-order valence-corrected chi connectivity index (χ3v) is 4.66. The van der Waals surface area contributed by atoms with Crippen molar-refractivity contribution in [1.29, 1.82) is 0 Å². The molecule has 1 aliphatic heterocycles. The lowest BCUT2D eigenvalue weighted by molar-refractivity contribution is 0.0695. The maximum atomic E-state index is 4.32. The van der Waals surface area contributed by atoms with E-state index in [0.717, 1.165) is 25.5 Å². The van der Waals surface area contributed by atoms with E-state index < -0.39 is 0 Å². The van der Waals surface area contributed by atoms with Crippen LogP contribution in [0.15, 0.2) is 0 Å². The lowest BCUT2D eigenvalue weighted by atomic mass is 9.91. The molecule has 0 radical (unpaired) electrons. The van der Waals surface area contributed by atoms with Gasteiger partial charge in [-0.15, -0.1) is 10.2 Å². The second-order valence-electron chi connectivity index (χ2n) is 6.03. The fraction of sp³-hybridized carbons (Fsp3) is 0.923. The summed E-state index contributed by atoms with van der Waals surface area (Å²) < 4.78 is 0. The molecular formula is C13H24N6. The summed E-state index contributed by atoms with van der Waals surface area (Å²) in [5.74, 6) is 0.844. The minimum Gasteiger partial charge on any atom is -0.308 e. The average molecular weight is 264 g/mol.